The normalized spacial score (nSPS) is 27.2. The van der Waals surface area contributed by atoms with Gasteiger partial charge in [-0.05, 0) is 63.1 Å². The standard InChI is InChI=1S/C15H21N5O3.C15H21N5O2.C13H18N5O2.C13H18N5O.C12H18N3O2.C7H9O4P.3CH4.3Y/c1-3-8-10-13(23-15(8,4-2)5-6-22-10)20-7-17-9-11(20)18-14(16)19-12(9)21;1-3-9-11-14(22-15(9,4-2)5-6-21-11)20-8-19-10-12(16)17-7-18-13(10)20;1-3-7-5-9(20-8(7)4-2)18-6-15-10-11(18)16-13(14)17-12(10)19;1-3-8-5-10(19-9(8)4-2)18-7-17-11-12(14)15-6-16-13(11)18;1-3-8-7-11(17-9(8)4-2)15-6-5-10(13)14-12(15)16;1-10-12(8,9)11-7-5-3-2-4-6-7;;;;;;/h7-8,10,13H,3-6H2,1-2H3,(H3,16,18,19,21);7-9,11,14H,3-6H2,1-2H3,(H2,16,17,18);5-9H,3-4H2,1-2H3,(H3,14,16,17,19);5-10H,3-4H2,1-2H3,(H2,14,15,16);5-9,11H,3-4H2,1-2H3,(H2,13,14,16);2-6H,1H3,(H,8,9);3*1H4;;;/q;;3*-1;;;;;;;/t8?,10-,13+,15-;9?,11-,14+,15-;7?,8-,9-;8?,9-,10-;8?,9-,11-;;;;;;;/m00111......./s1. The van der Waals surface area contributed by atoms with Crippen LogP contribution in [-0.4, -0.2) is 155 Å². The van der Waals surface area contributed by atoms with Crippen LogP contribution in [0.15, 0.2) is 94.9 Å². The second-order valence-electron chi connectivity index (χ2n) is 28.6. The van der Waals surface area contributed by atoms with E-state index >= 15 is 0 Å². The Morgan fingerprint density at radius 1 is 0.504 bits per heavy atom. The number of fused-ring (bicyclic) bond motifs is 8. The van der Waals surface area contributed by atoms with Crippen LogP contribution in [0.25, 0.3) is 44.7 Å². The number of phosphoric acid groups is 1. The fourth-order valence-corrected chi connectivity index (χ4v) is 17.0. The van der Waals surface area contributed by atoms with Gasteiger partial charge in [0.25, 0.3) is 11.1 Å². The first-order valence-corrected chi connectivity index (χ1v) is 40.3. The molecule has 16 heterocycles. The van der Waals surface area contributed by atoms with Crippen molar-refractivity contribution in [2.75, 3.05) is 49.0 Å². The molecule has 6 unspecified atom stereocenters. The van der Waals surface area contributed by atoms with Gasteiger partial charge in [-0.3, -0.25) is 57.4 Å². The van der Waals surface area contributed by atoms with E-state index in [1.165, 1.54) is 17.2 Å². The van der Waals surface area contributed by atoms with Crippen LogP contribution in [0.1, 0.15) is 200 Å². The number of nitrogens with one attached hydrogen (secondary N) is 2. The Morgan fingerprint density at radius 3 is 1.27 bits per heavy atom. The Labute approximate surface area is 769 Å². The van der Waals surface area contributed by atoms with Gasteiger partial charge in [0.2, 0.25) is 11.9 Å². The Hall–Kier alpha value is -6.12. The van der Waals surface area contributed by atoms with Crippen molar-refractivity contribution in [1.29, 1.82) is 0 Å². The number of rotatable bonds is 18. The molecule has 645 valence electrons. The number of H-pyrrole nitrogens is 2. The third-order valence-corrected chi connectivity index (χ3v) is 23.4. The first-order valence-electron chi connectivity index (χ1n) is 38.8. The van der Waals surface area contributed by atoms with E-state index in [-0.39, 0.29) is 239 Å². The SMILES string of the molecule is C.C.C.CCC1[C@@H]2OCC[C@]1(CC)O[C@H]2n1cnc2c(=O)[nH]c(N)nc21.CCC1[C@@H]2OCC[C@]1(CC)O[C@H]2n1cnc2c(N)ncnc21.CCC1[CH-][C@H](n2ccc(N)nc2=O)O[C@@H]1CC.CCC1[CH-][C@H](n2cnc3c(=O)[nH]c(N)nc32)O[C@@H]1CC.CCC1[CH-][C@H](n2cnc3c(N)ncnc32)O[C@@H]1CC.COP(=O)(O)Oc1ccccc1.[Y].[Y].[Y]. The predicted molar refractivity (Wildman–Crippen MR) is 441 cm³/mol. The Balaban J connectivity index is 0.000000221. The number of phosphoric ester groups is 1. The number of imidazole rings is 4. The maximum atomic E-state index is 12.0. The van der Waals surface area contributed by atoms with Gasteiger partial charge in [0.05, 0.1) is 36.5 Å². The first-order chi connectivity index (χ1) is 54.5. The number of hydrogen-bond acceptors (Lipinski definition) is 29. The minimum atomic E-state index is -3.90. The van der Waals surface area contributed by atoms with Gasteiger partial charge in [-0.15, -0.1) is 17.8 Å². The number of nitrogen functional groups attached to an aromatic ring is 5. The van der Waals surface area contributed by atoms with Gasteiger partial charge in [0, 0.05) is 186 Å². The van der Waals surface area contributed by atoms with Crippen molar-refractivity contribution in [3.8, 4) is 5.75 Å². The average Bonchev–Trinajstić information content (AvgIpc) is 1.58. The Kier molecular flexibility index (Phi) is 38.4. The van der Waals surface area contributed by atoms with E-state index in [4.69, 9.17) is 66.7 Å². The third kappa shape index (κ3) is 21.8. The predicted octanol–water partition coefficient (Wildman–Crippen LogP) is 11.4. The Morgan fingerprint density at radius 2 is 0.891 bits per heavy atom. The van der Waals surface area contributed by atoms with E-state index in [1.807, 2.05) is 9.13 Å². The van der Waals surface area contributed by atoms with Crippen LogP contribution in [0.5, 0.6) is 5.75 Å². The summed E-state index contributed by atoms with van der Waals surface area (Å²) >= 11 is 0. The summed E-state index contributed by atoms with van der Waals surface area (Å²) in [7, 11) is -2.78. The topological polar surface area (TPSA) is 500 Å². The van der Waals surface area contributed by atoms with Crippen LogP contribution < -0.4 is 50.0 Å². The third-order valence-electron chi connectivity index (χ3n) is 22.5. The van der Waals surface area contributed by atoms with E-state index in [0.717, 1.165) is 96.4 Å². The smallest absolute Gasteiger partial charge is 0.404 e. The van der Waals surface area contributed by atoms with Crippen LogP contribution in [0.4, 0.5) is 29.4 Å². The van der Waals surface area contributed by atoms with Crippen molar-refractivity contribution in [2.45, 2.75) is 241 Å². The van der Waals surface area contributed by atoms with Gasteiger partial charge >= 0.3 is 13.5 Å². The van der Waals surface area contributed by atoms with Gasteiger partial charge in [-0.1, -0.05) is 129 Å². The second-order valence-corrected chi connectivity index (χ2v) is 30.1. The molecule has 0 amide bonds. The maximum absolute atomic E-state index is 12.0. The molecule has 9 aromatic heterocycles. The molecule has 18 atom stereocenters. The van der Waals surface area contributed by atoms with Crippen LogP contribution in [-0.2, 0) is 140 Å². The molecule has 7 fully saturated rings. The number of anilines is 5. The molecule has 13 N–H and O–H groups in total. The number of nitrogens with zero attached hydrogens (tertiary/aromatic N) is 16. The molecule has 41 heteroatoms. The summed E-state index contributed by atoms with van der Waals surface area (Å²) in [5.41, 5.74) is 31.2. The summed E-state index contributed by atoms with van der Waals surface area (Å²) in [6.45, 7) is 22.9. The molecule has 119 heavy (non-hydrogen) atoms. The summed E-state index contributed by atoms with van der Waals surface area (Å²) in [4.78, 5) is 94.8. The fraction of sp³-hybridized carbons (Fsp3) is 0.577. The number of aromatic nitrogens is 18. The monoisotopic (exact) mass is 1900 g/mol. The zero-order valence-electron chi connectivity index (χ0n) is 67.3. The summed E-state index contributed by atoms with van der Waals surface area (Å²) in [5, 5.41) is 0. The van der Waals surface area contributed by atoms with Gasteiger partial charge in [-0.2, -0.15) is 15.0 Å². The number of nitrogens with two attached hydrogens (primary N) is 5. The van der Waals surface area contributed by atoms with Crippen molar-refractivity contribution in [1.82, 2.24) is 87.6 Å². The van der Waals surface area contributed by atoms with Crippen LogP contribution in [0, 0.1) is 48.9 Å². The summed E-state index contributed by atoms with van der Waals surface area (Å²) in [6.07, 6.45) is 28.9. The number of ether oxygens (including phenoxy) is 7. The molecule has 3 radical (unpaired) electrons. The minimum absolute atomic E-state index is 0. The molecule has 7 aliphatic heterocycles. The number of aromatic amines is 2. The van der Waals surface area contributed by atoms with Crippen molar-refractivity contribution in [3.63, 3.8) is 0 Å². The van der Waals surface area contributed by atoms with Crippen molar-refractivity contribution in [3.05, 3.63) is 131 Å². The van der Waals surface area contributed by atoms with E-state index in [9.17, 15) is 18.9 Å². The van der Waals surface area contributed by atoms with Crippen LogP contribution in [0.3, 0.4) is 0 Å². The van der Waals surface area contributed by atoms with Gasteiger partial charge in [-0.25, -0.2) is 49.2 Å². The van der Waals surface area contributed by atoms with Gasteiger partial charge in [0.1, 0.15) is 47.5 Å². The van der Waals surface area contributed by atoms with Crippen molar-refractivity contribution in [2.24, 2.45) is 29.6 Å². The molecule has 7 saturated heterocycles. The molecule has 0 saturated carbocycles. The summed E-state index contributed by atoms with van der Waals surface area (Å²) < 4.78 is 71.6. The second kappa shape index (κ2) is 45.0. The number of hydrogen-bond donors (Lipinski definition) is 8. The molecule has 7 aliphatic rings. The molecule has 4 bridgehead atoms. The molecular formula is C78H117N23O14PY3-3. The van der Waals surface area contributed by atoms with E-state index in [2.05, 4.69) is 162 Å². The van der Waals surface area contributed by atoms with Crippen LogP contribution >= 0.6 is 7.82 Å². The zero-order chi connectivity index (χ0) is 80.6. The quantitative estimate of drug-likeness (QED) is 0.0292. The molecule has 1 aromatic carbocycles. The molecule has 0 aliphatic carbocycles. The van der Waals surface area contributed by atoms with Crippen molar-refractivity contribution >= 4 is 81.8 Å². The number of para-hydroxylation sites is 1. The van der Waals surface area contributed by atoms with Crippen molar-refractivity contribution < 1.29 is 150 Å². The number of benzene rings is 1. The average molecular weight is 1900 g/mol. The first kappa shape index (κ1) is 102. The molecule has 17 rings (SSSR count). The fourth-order valence-electron chi connectivity index (χ4n) is 16.6. The van der Waals surface area contributed by atoms with E-state index < -0.39 is 7.82 Å². The summed E-state index contributed by atoms with van der Waals surface area (Å²) in [5.74, 6) is 3.50. The molecule has 10 aromatic rings. The van der Waals surface area contributed by atoms with Crippen LogP contribution in [0.2, 0.25) is 0 Å². The zero-order valence-corrected chi connectivity index (χ0v) is 76.7. The molecule has 37 nitrogen and oxygen atoms in total. The Bertz CT molecular complexity index is 5060. The van der Waals surface area contributed by atoms with E-state index in [1.54, 1.807) is 77.0 Å². The molecular weight excluding hydrogens is 1780 g/mol. The largest absolute Gasteiger partial charge is 0.527 e. The summed E-state index contributed by atoms with van der Waals surface area (Å²) in [6, 6.07) is 9.93. The van der Waals surface area contributed by atoms with E-state index in [0.29, 0.717) is 81.6 Å². The van der Waals surface area contributed by atoms with Gasteiger partial charge in [0.15, 0.2) is 57.7 Å². The minimum Gasteiger partial charge on any atom is -0.404 e. The van der Waals surface area contributed by atoms with Gasteiger partial charge < -0.3 is 80.1 Å². The molecule has 0 spiro atoms. The maximum Gasteiger partial charge on any atom is 0.527 e.